The zero-order valence-corrected chi connectivity index (χ0v) is 15.1. The van der Waals surface area contributed by atoms with Gasteiger partial charge in [-0.1, -0.05) is 12.1 Å². The van der Waals surface area contributed by atoms with E-state index >= 15 is 0 Å². The topological polar surface area (TPSA) is 90.0 Å². The standard InChI is InChI=1S/C20H16FNO6/c1-11(22-18(24)13-5-3-4-6-14(13)19(22)25)20(26)28-10-16(23)15-9-12(21)7-8-17(15)27-2/h3-9,11H,10H2,1-2H3. The van der Waals surface area contributed by atoms with Gasteiger partial charge in [0.15, 0.2) is 6.61 Å². The first-order valence-corrected chi connectivity index (χ1v) is 8.35. The Morgan fingerprint density at radius 1 is 1.07 bits per heavy atom. The molecule has 1 unspecified atom stereocenters. The van der Waals surface area contributed by atoms with Crippen molar-refractivity contribution in [3.63, 3.8) is 0 Å². The summed E-state index contributed by atoms with van der Waals surface area (Å²) in [5, 5.41) is 0. The summed E-state index contributed by atoms with van der Waals surface area (Å²) in [6.07, 6.45) is 0. The van der Waals surface area contributed by atoms with Gasteiger partial charge in [-0.05, 0) is 37.3 Å². The number of amides is 2. The number of hydrogen-bond acceptors (Lipinski definition) is 6. The Morgan fingerprint density at radius 2 is 1.68 bits per heavy atom. The number of imide groups is 1. The van der Waals surface area contributed by atoms with E-state index in [2.05, 4.69) is 0 Å². The van der Waals surface area contributed by atoms with Crippen LogP contribution in [0.25, 0.3) is 0 Å². The van der Waals surface area contributed by atoms with Gasteiger partial charge >= 0.3 is 5.97 Å². The molecule has 1 atom stereocenters. The van der Waals surface area contributed by atoms with Gasteiger partial charge < -0.3 is 9.47 Å². The molecule has 0 radical (unpaired) electrons. The van der Waals surface area contributed by atoms with E-state index in [4.69, 9.17) is 9.47 Å². The Hall–Kier alpha value is -3.55. The van der Waals surface area contributed by atoms with Crippen LogP contribution in [0.2, 0.25) is 0 Å². The molecule has 0 aliphatic carbocycles. The van der Waals surface area contributed by atoms with Crippen molar-refractivity contribution in [3.8, 4) is 5.75 Å². The summed E-state index contributed by atoms with van der Waals surface area (Å²) in [5.41, 5.74) is 0.323. The van der Waals surface area contributed by atoms with Gasteiger partial charge in [-0.15, -0.1) is 0 Å². The van der Waals surface area contributed by atoms with Crippen LogP contribution in [0.5, 0.6) is 5.75 Å². The number of hydrogen-bond donors (Lipinski definition) is 0. The monoisotopic (exact) mass is 385 g/mol. The summed E-state index contributed by atoms with van der Waals surface area (Å²) in [4.78, 5) is 50.2. The average Bonchev–Trinajstić information content (AvgIpc) is 2.96. The third kappa shape index (κ3) is 3.36. The lowest BCUT2D eigenvalue weighted by molar-refractivity contribution is -0.146. The van der Waals surface area contributed by atoms with Gasteiger partial charge in [0.05, 0.1) is 23.8 Å². The summed E-state index contributed by atoms with van der Waals surface area (Å²) in [7, 11) is 1.32. The number of ketones is 1. The van der Waals surface area contributed by atoms with Crippen molar-refractivity contribution in [1.29, 1.82) is 0 Å². The van der Waals surface area contributed by atoms with Crippen LogP contribution in [0.4, 0.5) is 4.39 Å². The van der Waals surface area contributed by atoms with E-state index in [0.717, 1.165) is 17.0 Å². The van der Waals surface area contributed by atoms with E-state index in [0.29, 0.717) is 0 Å². The molecule has 0 aromatic heterocycles. The van der Waals surface area contributed by atoms with E-state index in [1.165, 1.54) is 32.2 Å². The highest BCUT2D eigenvalue weighted by Crippen LogP contribution is 2.25. The van der Waals surface area contributed by atoms with Crippen molar-refractivity contribution >= 4 is 23.6 Å². The van der Waals surface area contributed by atoms with Gasteiger partial charge in [-0.25, -0.2) is 9.18 Å². The van der Waals surface area contributed by atoms with Crippen LogP contribution < -0.4 is 4.74 Å². The Labute approximate surface area is 159 Å². The van der Waals surface area contributed by atoms with Gasteiger partial charge in [0.2, 0.25) is 5.78 Å². The molecule has 2 amide bonds. The third-order valence-corrected chi connectivity index (χ3v) is 4.36. The average molecular weight is 385 g/mol. The molecule has 1 heterocycles. The maximum absolute atomic E-state index is 13.4. The summed E-state index contributed by atoms with van der Waals surface area (Å²) >= 11 is 0. The maximum Gasteiger partial charge on any atom is 0.329 e. The zero-order chi connectivity index (χ0) is 20.4. The minimum atomic E-state index is -1.23. The molecule has 8 heteroatoms. The molecule has 3 rings (SSSR count). The van der Waals surface area contributed by atoms with Crippen molar-refractivity contribution in [2.24, 2.45) is 0 Å². The van der Waals surface area contributed by atoms with Gasteiger partial charge in [-0.2, -0.15) is 0 Å². The normalized spacial score (nSPS) is 13.9. The van der Waals surface area contributed by atoms with Gasteiger partial charge in [0, 0.05) is 0 Å². The number of benzene rings is 2. The number of carbonyl (C=O) groups excluding carboxylic acids is 4. The lowest BCUT2D eigenvalue weighted by Crippen LogP contribution is -2.44. The van der Waals surface area contributed by atoms with Gasteiger partial charge in [0.1, 0.15) is 17.6 Å². The predicted molar refractivity (Wildman–Crippen MR) is 94.6 cm³/mol. The lowest BCUT2D eigenvalue weighted by Gasteiger charge is -2.20. The molecule has 1 aliphatic heterocycles. The van der Waals surface area contributed by atoms with Crippen molar-refractivity contribution in [3.05, 3.63) is 65.0 Å². The molecule has 28 heavy (non-hydrogen) atoms. The Bertz CT molecular complexity index is 951. The Balaban J connectivity index is 1.69. The van der Waals surface area contributed by atoms with Crippen molar-refractivity contribution in [1.82, 2.24) is 4.90 Å². The molecule has 1 aliphatic rings. The first-order chi connectivity index (χ1) is 13.3. The fourth-order valence-electron chi connectivity index (χ4n) is 2.90. The number of methoxy groups -OCH3 is 1. The quantitative estimate of drug-likeness (QED) is 0.430. The highest BCUT2D eigenvalue weighted by atomic mass is 19.1. The Morgan fingerprint density at radius 3 is 2.25 bits per heavy atom. The number of nitrogens with zero attached hydrogens (tertiary/aromatic N) is 1. The lowest BCUT2D eigenvalue weighted by atomic mass is 10.1. The van der Waals surface area contributed by atoms with Crippen LogP contribution in [0, 0.1) is 5.82 Å². The third-order valence-electron chi connectivity index (χ3n) is 4.36. The minimum Gasteiger partial charge on any atom is -0.496 e. The van der Waals surface area contributed by atoms with Gasteiger partial charge in [-0.3, -0.25) is 19.3 Å². The highest BCUT2D eigenvalue weighted by molar-refractivity contribution is 6.22. The predicted octanol–water partition coefficient (Wildman–Crippen LogP) is 2.24. The molecular formula is C20H16FNO6. The molecule has 2 aromatic carbocycles. The SMILES string of the molecule is COc1ccc(F)cc1C(=O)COC(=O)C(C)N1C(=O)c2ccccc2C1=O. The van der Waals surface area contributed by atoms with E-state index < -0.39 is 42.0 Å². The molecule has 0 fully saturated rings. The number of fused-ring (bicyclic) bond motifs is 1. The number of Topliss-reactive ketones (excluding diaryl/α,β-unsaturated/α-hetero) is 1. The molecular weight excluding hydrogens is 369 g/mol. The summed E-state index contributed by atoms with van der Waals surface area (Å²) in [6.45, 7) is 0.642. The van der Waals surface area contributed by atoms with E-state index in [-0.39, 0.29) is 22.4 Å². The zero-order valence-electron chi connectivity index (χ0n) is 15.1. The van der Waals surface area contributed by atoms with Crippen LogP contribution in [0.1, 0.15) is 38.0 Å². The molecule has 0 saturated carbocycles. The second-order valence-electron chi connectivity index (χ2n) is 6.08. The number of rotatable bonds is 6. The highest BCUT2D eigenvalue weighted by Gasteiger charge is 2.41. The van der Waals surface area contributed by atoms with Crippen LogP contribution in [0.15, 0.2) is 42.5 Å². The van der Waals surface area contributed by atoms with Crippen molar-refractivity contribution in [2.45, 2.75) is 13.0 Å². The van der Waals surface area contributed by atoms with Crippen molar-refractivity contribution < 1.29 is 33.0 Å². The second-order valence-corrected chi connectivity index (χ2v) is 6.08. The fraction of sp³-hybridized carbons (Fsp3) is 0.200. The first-order valence-electron chi connectivity index (χ1n) is 8.35. The van der Waals surface area contributed by atoms with E-state index in [1.807, 2.05) is 0 Å². The van der Waals surface area contributed by atoms with Crippen molar-refractivity contribution in [2.75, 3.05) is 13.7 Å². The van der Waals surface area contributed by atoms with E-state index in [1.54, 1.807) is 12.1 Å². The van der Waals surface area contributed by atoms with Crippen LogP contribution in [-0.4, -0.2) is 48.2 Å². The van der Waals surface area contributed by atoms with Crippen LogP contribution in [-0.2, 0) is 9.53 Å². The van der Waals surface area contributed by atoms with Crippen LogP contribution in [0.3, 0.4) is 0 Å². The van der Waals surface area contributed by atoms with Gasteiger partial charge in [0.25, 0.3) is 11.8 Å². The van der Waals surface area contributed by atoms with E-state index in [9.17, 15) is 23.6 Å². The molecule has 0 bridgehead atoms. The minimum absolute atomic E-state index is 0.0799. The summed E-state index contributed by atoms with van der Waals surface area (Å²) < 4.78 is 23.3. The van der Waals surface area contributed by atoms with Crippen LogP contribution >= 0.6 is 0 Å². The maximum atomic E-state index is 13.4. The molecule has 0 saturated heterocycles. The number of ether oxygens (including phenoxy) is 2. The number of esters is 1. The number of halogens is 1. The summed E-state index contributed by atoms with van der Waals surface area (Å²) in [5.74, 6) is -3.34. The number of carbonyl (C=O) groups is 4. The first kappa shape index (κ1) is 19.2. The second kappa shape index (κ2) is 7.59. The molecule has 0 N–H and O–H groups in total. The smallest absolute Gasteiger partial charge is 0.329 e. The Kier molecular flexibility index (Phi) is 5.21. The fourth-order valence-corrected chi connectivity index (χ4v) is 2.90. The molecule has 0 spiro atoms. The summed E-state index contributed by atoms with van der Waals surface area (Å²) in [6, 6.07) is 8.37. The molecule has 2 aromatic rings. The largest absolute Gasteiger partial charge is 0.496 e. The molecule has 7 nitrogen and oxygen atoms in total. The molecule has 144 valence electrons.